The molecule has 0 aliphatic carbocycles. The molecule has 1 aliphatic heterocycles. The van der Waals surface area contributed by atoms with Crippen molar-refractivity contribution in [3.05, 3.63) is 18.0 Å². The van der Waals surface area contributed by atoms with Crippen LogP contribution in [0.4, 0.5) is 0 Å². The van der Waals surface area contributed by atoms with Gasteiger partial charge in [-0.1, -0.05) is 0 Å². The standard InChI is InChI=1S/C14H24N4O/c1-12-9-16-18(10-12)11-13(2)15-6-4-8-17-7-3-5-14(17)19/h9-10,13,15H,3-8,11H2,1-2H3/t13-/m1/s1. The molecule has 0 bridgehead atoms. The zero-order chi connectivity index (χ0) is 13.7. The summed E-state index contributed by atoms with van der Waals surface area (Å²) in [6.07, 6.45) is 6.73. The summed E-state index contributed by atoms with van der Waals surface area (Å²) in [5.41, 5.74) is 1.19. The van der Waals surface area contributed by atoms with E-state index in [1.807, 2.05) is 15.8 Å². The second kappa shape index (κ2) is 6.70. The average molecular weight is 264 g/mol. The van der Waals surface area contributed by atoms with Gasteiger partial charge >= 0.3 is 0 Å². The Morgan fingerprint density at radius 3 is 3.00 bits per heavy atom. The van der Waals surface area contributed by atoms with E-state index in [2.05, 4.69) is 30.5 Å². The molecule has 1 N–H and O–H groups in total. The van der Waals surface area contributed by atoms with Crippen LogP contribution in [-0.2, 0) is 11.3 Å². The minimum atomic E-state index is 0.320. The van der Waals surface area contributed by atoms with Crippen LogP contribution >= 0.6 is 0 Å². The Morgan fingerprint density at radius 2 is 2.37 bits per heavy atom. The number of aryl methyl sites for hydroxylation is 1. The minimum Gasteiger partial charge on any atom is -0.343 e. The Balaban J connectivity index is 1.58. The van der Waals surface area contributed by atoms with Crippen LogP contribution in [0, 0.1) is 6.92 Å². The van der Waals surface area contributed by atoms with E-state index in [4.69, 9.17) is 0 Å². The highest BCUT2D eigenvalue weighted by molar-refractivity contribution is 5.77. The normalized spacial score (nSPS) is 17.2. The van der Waals surface area contributed by atoms with E-state index in [1.54, 1.807) is 0 Å². The number of amides is 1. The van der Waals surface area contributed by atoms with Crippen LogP contribution in [0.15, 0.2) is 12.4 Å². The number of hydrogen-bond acceptors (Lipinski definition) is 3. The van der Waals surface area contributed by atoms with Crippen molar-refractivity contribution in [3.63, 3.8) is 0 Å². The smallest absolute Gasteiger partial charge is 0.222 e. The van der Waals surface area contributed by atoms with Gasteiger partial charge in [0.1, 0.15) is 0 Å². The van der Waals surface area contributed by atoms with E-state index in [-0.39, 0.29) is 0 Å². The van der Waals surface area contributed by atoms with Crippen molar-refractivity contribution in [1.82, 2.24) is 20.0 Å². The van der Waals surface area contributed by atoms with Gasteiger partial charge in [0, 0.05) is 31.7 Å². The molecule has 0 aromatic carbocycles. The summed E-state index contributed by atoms with van der Waals surface area (Å²) in [6, 6.07) is 0.397. The van der Waals surface area contributed by atoms with Crippen molar-refractivity contribution in [2.45, 2.75) is 45.7 Å². The van der Waals surface area contributed by atoms with Gasteiger partial charge in [-0.2, -0.15) is 5.10 Å². The highest BCUT2D eigenvalue weighted by Gasteiger charge is 2.18. The molecular weight excluding hydrogens is 240 g/mol. The zero-order valence-electron chi connectivity index (χ0n) is 11.9. The Morgan fingerprint density at radius 1 is 1.53 bits per heavy atom. The molecule has 1 aliphatic rings. The van der Waals surface area contributed by atoms with Gasteiger partial charge in [-0.25, -0.2) is 0 Å². The second-order valence-electron chi connectivity index (χ2n) is 5.43. The summed E-state index contributed by atoms with van der Waals surface area (Å²) in [5, 5.41) is 7.76. The first-order chi connectivity index (χ1) is 9.15. The van der Waals surface area contributed by atoms with Crippen LogP contribution in [0.2, 0.25) is 0 Å². The lowest BCUT2D eigenvalue weighted by Gasteiger charge is -2.17. The second-order valence-corrected chi connectivity index (χ2v) is 5.43. The maximum Gasteiger partial charge on any atom is 0.222 e. The van der Waals surface area contributed by atoms with Crippen LogP contribution in [-0.4, -0.2) is 46.3 Å². The monoisotopic (exact) mass is 264 g/mol. The quantitative estimate of drug-likeness (QED) is 0.752. The number of nitrogens with zero attached hydrogens (tertiary/aromatic N) is 3. The largest absolute Gasteiger partial charge is 0.343 e. The first-order valence-corrected chi connectivity index (χ1v) is 7.15. The first kappa shape index (κ1) is 14.1. The van der Waals surface area contributed by atoms with Gasteiger partial charge in [-0.15, -0.1) is 0 Å². The van der Waals surface area contributed by atoms with Gasteiger partial charge in [0.2, 0.25) is 5.91 Å². The van der Waals surface area contributed by atoms with Crippen LogP contribution in [0.3, 0.4) is 0 Å². The molecule has 0 saturated carbocycles. The third-order valence-electron chi connectivity index (χ3n) is 3.49. The van der Waals surface area contributed by atoms with E-state index in [0.29, 0.717) is 11.9 Å². The Labute approximate surface area is 115 Å². The van der Waals surface area contributed by atoms with E-state index >= 15 is 0 Å². The highest BCUT2D eigenvalue weighted by Crippen LogP contribution is 2.09. The molecule has 1 saturated heterocycles. The Kier molecular flexibility index (Phi) is 4.96. The van der Waals surface area contributed by atoms with Crippen molar-refractivity contribution >= 4 is 5.91 Å². The third-order valence-corrected chi connectivity index (χ3v) is 3.49. The number of carbonyl (C=O) groups excluding carboxylic acids is 1. The molecule has 0 unspecified atom stereocenters. The van der Waals surface area contributed by atoms with E-state index in [0.717, 1.165) is 45.4 Å². The first-order valence-electron chi connectivity index (χ1n) is 7.15. The summed E-state index contributed by atoms with van der Waals surface area (Å²) in [6.45, 7) is 7.88. The van der Waals surface area contributed by atoms with Crippen molar-refractivity contribution in [2.24, 2.45) is 0 Å². The molecule has 2 heterocycles. The van der Waals surface area contributed by atoms with Crippen molar-refractivity contribution < 1.29 is 4.79 Å². The fourth-order valence-electron chi connectivity index (χ4n) is 2.47. The molecule has 0 spiro atoms. The summed E-state index contributed by atoms with van der Waals surface area (Å²) < 4.78 is 1.97. The molecule has 5 nitrogen and oxygen atoms in total. The van der Waals surface area contributed by atoms with E-state index < -0.39 is 0 Å². The van der Waals surface area contributed by atoms with Crippen molar-refractivity contribution in [2.75, 3.05) is 19.6 Å². The molecule has 0 radical (unpaired) electrons. The number of hydrogen-bond donors (Lipinski definition) is 1. The van der Waals surface area contributed by atoms with Crippen LogP contribution in [0.1, 0.15) is 31.7 Å². The number of aromatic nitrogens is 2. The molecule has 1 aromatic heterocycles. The van der Waals surface area contributed by atoms with Gasteiger partial charge in [-0.05, 0) is 38.8 Å². The van der Waals surface area contributed by atoms with Crippen molar-refractivity contribution in [3.8, 4) is 0 Å². The van der Waals surface area contributed by atoms with Gasteiger partial charge in [0.15, 0.2) is 0 Å². The van der Waals surface area contributed by atoms with Crippen molar-refractivity contribution in [1.29, 1.82) is 0 Å². The number of likely N-dealkylation sites (tertiary alicyclic amines) is 1. The number of rotatable bonds is 7. The van der Waals surface area contributed by atoms with Gasteiger partial charge in [0.05, 0.1) is 12.7 Å². The van der Waals surface area contributed by atoms with Gasteiger partial charge in [-0.3, -0.25) is 9.48 Å². The molecule has 1 amide bonds. The Bertz CT molecular complexity index is 415. The summed E-state index contributed by atoms with van der Waals surface area (Å²) in [7, 11) is 0. The molecular formula is C14H24N4O. The Hall–Kier alpha value is -1.36. The predicted molar refractivity (Wildman–Crippen MR) is 74.9 cm³/mol. The van der Waals surface area contributed by atoms with Crippen LogP contribution in [0.5, 0.6) is 0 Å². The zero-order valence-corrected chi connectivity index (χ0v) is 11.9. The average Bonchev–Trinajstić information content (AvgIpc) is 2.94. The number of carbonyl (C=O) groups is 1. The van der Waals surface area contributed by atoms with Crippen LogP contribution < -0.4 is 5.32 Å². The predicted octanol–water partition coefficient (Wildman–Crippen LogP) is 1.18. The van der Waals surface area contributed by atoms with Crippen LogP contribution in [0.25, 0.3) is 0 Å². The molecule has 1 aromatic rings. The SMILES string of the molecule is Cc1cnn(C[C@@H](C)NCCCN2CCCC2=O)c1. The summed E-state index contributed by atoms with van der Waals surface area (Å²) in [4.78, 5) is 13.4. The van der Waals surface area contributed by atoms with E-state index in [9.17, 15) is 4.79 Å². The fraction of sp³-hybridized carbons (Fsp3) is 0.714. The molecule has 2 rings (SSSR count). The lowest BCUT2D eigenvalue weighted by molar-refractivity contribution is -0.127. The minimum absolute atomic E-state index is 0.320. The maximum atomic E-state index is 11.4. The summed E-state index contributed by atoms with van der Waals surface area (Å²) in [5.74, 6) is 0.320. The lowest BCUT2D eigenvalue weighted by Crippen LogP contribution is -2.34. The molecule has 1 atom stereocenters. The third kappa shape index (κ3) is 4.35. The fourth-order valence-corrected chi connectivity index (χ4v) is 2.47. The molecule has 1 fully saturated rings. The van der Waals surface area contributed by atoms with Gasteiger partial charge in [0.25, 0.3) is 0 Å². The molecule has 5 heteroatoms. The van der Waals surface area contributed by atoms with E-state index in [1.165, 1.54) is 5.56 Å². The number of nitrogens with one attached hydrogen (secondary N) is 1. The van der Waals surface area contributed by atoms with Gasteiger partial charge < -0.3 is 10.2 Å². The lowest BCUT2D eigenvalue weighted by atomic mass is 10.3. The molecule has 106 valence electrons. The highest BCUT2D eigenvalue weighted by atomic mass is 16.2. The maximum absolute atomic E-state index is 11.4. The summed E-state index contributed by atoms with van der Waals surface area (Å²) >= 11 is 0. The topological polar surface area (TPSA) is 50.2 Å². The molecule has 19 heavy (non-hydrogen) atoms.